The van der Waals surface area contributed by atoms with Crippen molar-refractivity contribution < 1.29 is 19.3 Å². The molecule has 3 fully saturated rings. The van der Waals surface area contributed by atoms with E-state index in [9.17, 15) is 5.11 Å². The molecule has 0 aromatic heterocycles. The fraction of sp³-hybridized carbons (Fsp3) is 1.00. The highest BCUT2D eigenvalue weighted by atomic mass is 16.5. The van der Waals surface area contributed by atoms with Crippen LogP contribution in [0.1, 0.15) is 45.4 Å². The summed E-state index contributed by atoms with van der Waals surface area (Å²) in [7, 11) is 0. The largest absolute Gasteiger partial charge is 0.390 e. The Morgan fingerprint density at radius 2 is 1.84 bits per heavy atom. The van der Waals surface area contributed by atoms with Gasteiger partial charge in [-0.2, -0.15) is 0 Å². The summed E-state index contributed by atoms with van der Waals surface area (Å²) < 4.78 is 17.3. The third-order valence-corrected chi connectivity index (χ3v) is 5.26. The van der Waals surface area contributed by atoms with Crippen LogP contribution in [0.3, 0.4) is 0 Å². The predicted molar refractivity (Wildman–Crippen MR) is 71.1 cm³/mol. The highest BCUT2D eigenvalue weighted by molar-refractivity contribution is 4.97. The average molecular weight is 270 g/mol. The molecule has 0 aromatic carbocycles. The molecule has 3 aliphatic rings. The summed E-state index contributed by atoms with van der Waals surface area (Å²) in [5.74, 6) is 0.301. The molecule has 3 heterocycles. The molecule has 0 aromatic rings. The lowest BCUT2D eigenvalue weighted by atomic mass is 9.74. The Kier molecular flexibility index (Phi) is 3.87. The van der Waals surface area contributed by atoms with Crippen molar-refractivity contribution in [3.63, 3.8) is 0 Å². The van der Waals surface area contributed by atoms with E-state index >= 15 is 0 Å². The van der Waals surface area contributed by atoms with Gasteiger partial charge in [-0.1, -0.05) is 0 Å². The number of ether oxygens (including phenoxy) is 3. The lowest BCUT2D eigenvalue weighted by Gasteiger charge is -2.46. The zero-order chi connectivity index (χ0) is 13.3. The van der Waals surface area contributed by atoms with Crippen LogP contribution in [0, 0.1) is 5.92 Å². The minimum Gasteiger partial charge on any atom is -0.390 e. The number of rotatable bonds is 2. The summed E-state index contributed by atoms with van der Waals surface area (Å²) >= 11 is 0. The summed E-state index contributed by atoms with van der Waals surface area (Å²) in [6.07, 6.45) is 5.51. The van der Waals surface area contributed by atoms with Crippen molar-refractivity contribution in [2.75, 3.05) is 26.4 Å². The summed E-state index contributed by atoms with van der Waals surface area (Å²) in [5, 5.41) is 10.7. The van der Waals surface area contributed by atoms with Crippen molar-refractivity contribution in [1.29, 1.82) is 0 Å². The molecule has 4 heteroatoms. The SMILES string of the molecule is CC1(C(O)C2CCOC3(CCOCC3)C2)CCCO1. The van der Waals surface area contributed by atoms with Gasteiger partial charge >= 0.3 is 0 Å². The molecule has 0 amide bonds. The van der Waals surface area contributed by atoms with E-state index in [4.69, 9.17) is 14.2 Å². The fourth-order valence-electron chi connectivity index (χ4n) is 3.96. The summed E-state index contributed by atoms with van der Waals surface area (Å²) in [4.78, 5) is 0. The van der Waals surface area contributed by atoms with Gasteiger partial charge < -0.3 is 19.3 Å². The van der Waals surface area contributed by atoms with Crippen molar-refractivity contribution in [3.05, 3.63) is 0 Å². The molecule has 0 saturated carbocycles. The van der Waals surface area contributed by atoms with Crippen LogP contribution >= 0.6 is 0 Å². The quantitative estimate of drug-likeness (QED) is 0.832. The zero-order valence-corrected chi connectivity index (χ0v) is 11.9. The first-order valence-corrected chi connectivity index (χ1v) is 7.67. The van der Waals surface area contributed by atoms with Crippen molar-refractivity contribution in [1.82, 2.24) is 0 Å². The van der Waals surface area contributed by atoms with E-state index in [1.54, 1.807) is 0 Å². The highest BCUT2D eigenvalue weighted by Crippen LogP contribution is 2.42. The molecule has 0 bridgehead atoms. The summed E-state index contributed by atoms with van der Waals surface area (Å²) in [6.45, 7) is 5.19. The Labute approximate surface area is 115 Å². The maximum absolute atomic E-state index is 10.7. The van der Waals surface area contributed by atoms with E-state index < -0.39 is 0 Å². The van der Waals surface area contributed by atoms with E-state index in [0.29, 0.717) is 5.92 Å². The van der Waals surface area contributed by atoms with Gasteiger partial charge in [-0.05, 0) is 51.4 Å². The van der Waals surface area contributed by atoms with Crippen LogP contribution < -0.4 is 0 Å². The zero-order valence-electron chi connectivity index (χ0n) is 11.9. The molecule has 3 aliphatic heterocycles. The second-order valence-corrected chi connectivity index (χ2v) is 6.61. The number of hydrogen-bond acceptors (Lipinski definition) is 4. The minimum absolute atomic E-state index is 0.0445. The molecule has 110 valence electrons. The second kappa shape index (κ2) is 5.32. The number of aliphatic hydroxyl groups excluding tert-OH is 1. The van der Waals surface area contributed by atoms with Crippen molar-refractivity contribution in [3.8, 4) is 0 Å². The molecule has 3 saturated heterocycles. The van der Waals surface area contributed by atoms with E-state index in [-0.39, 0.29) is 17.3 Å². The third kappa shape index (κ3) is 2.68. The van der Waals surface area contributed by atoms with Gasteiger partial charge in [-0.3, -0.25) is 0 Å². The first kappa shape index (κ1) is 13.8. The van der Waals surface area contributed by atoms with E-state index in [1.807, 2.05) is 0 Å². The third-order valence-electron chi connectivity index (χ3n) is 5.26. The topological polar surface area (TPSA) is 47.9 Å². The maximum Gasteiger partial charge on any atom is 0.0915 e. The summed E-state index contributed by atoms with van der Waals surface area (Å²) in [5.41, 5.74) is -0.383. The van der Waals surface area contributed by atoms with Crippen LogP contribution in [0.5, 0.6) is 0 Å². The highest BCUT2D eigenvalue weighted by Gasteiger charge is 2.47. The molecule has 0 radical (unpaired) electrons. The van der Waals surface area contributed by atoms with Crippen LogP contribution in [-0.4, -0.2) is 48.8 Å². The molecule has 3 rings (SSSR count). The monoisotopic (exact) mass is 270 g/mol. The van der Waals surface area contributed by atoms with Gasteiger partial charge in [0.25, 0.3) is 0 Å². The van der Waals surface area contributed by atoms with Crippen LogP contribution in [0.15, 0.2) is 0 Å². The van der Waals surface area contributed by atoms with E-state index in [2.05, 4.69) is 6.92 Å². The van der Waals surface area contributed by atoms with Gasteiger partial charge in [0, 0.05) is 26.4 Å². The Hall–Kier alpha value is -0.160. The molecule has 1 N–H and O–H groups in total. The van der Waals surface area contributed by atoms with E-state index in [0.717, 1.165) is 65.0 Å². The Balaban J connectivity index is 1.67. The van der Waals surface area contributed by atoms with Crippen LogP contribution in [-0.2, 0) is 14.2 Å². The fourth-order valence-corrected chi connectivity index (χ4v) is 3.96. The first-order chi connectivity index (χ1) is 9.14. The van der Waals surface area contributed by atoms with Crippen molar-refractivity contribution in [2.45, 2.75) is 62.8 Å². The first-order valence-electron chi connectivity index (χ1n) is 7.67. The van der Waals surface area contributed by atoms with Gasteiger partial charge in [0.05, 0.1) is 17.3 Å². The normalized spacial score (nSPS) is 40.4. The van der Waals surface area contributed by atoms with Gasteiger partial charge in [-0.25, -0.2) is 0 Å². The Bertz CT molecular complexity index is 300. The van der Waals surface area contributed by atoms with Crippen molar-refractivity contribution in [2.24, 2.45) is 5.92 Å². The lowest BCUT2D eigenvalue weighted by Crippen LogP contribution is -2.51. The molecule has 19 heavy (non-hydrogen) atoms. The van der Waals surface area contributed by atoms with Crippen LogP contribution in [0.4, 0.5) is 0 Å². The molecule has 1 spiro atoms. The van der Waals surface area contributed by atoms with Crippen LogP contribution in [0.2, 0.25) is 0 Å². The van der Waals surface area contributed by atoms with Crippen molar-refractivity contribution >= 4 is 0 Å². The molecule has 3 unspecified atom stereocenters. The molecule has 3 atom stereocenters. The molecular formula is C15H26O4. The second-order valence-electron chi connectivity index (χ2n) is 6.61. The minimum atomic E-state index is -0.362. The molecule has 4 nitrogen and oxygen atoms in total. The van der Waals surface area contributed by atoms with Gasteiger partial charge in [0.1, 0.15) is 0 Å². The number of aliphatic hydroxyl groups is 1. The van der Waals surface area contributed by atoms with E-state index in [1.165, 1.54) is 0 Å². The predicted octanol–water partition coefficient (Wildman–Crippen LogP) is 1.89. The number of hydrogen-bond donors (Lipinski definition) is 1. The maximum atomic E-state index is 10.7. The smallest absolute Gasteiger partial charge is 0.0915 e. The lowest BCUT2D eigenvalue weighted by molar-refractivity contribution is -0.180. The average Bonchev–Trinajstić information content (AvgIpc) is 2.87. The van der Waals surface area contributed by atoms with Gasteiger partial charge in [0.15, 0.2) is 0 Å². The Morgan fingerprint density at radius 3 is 2.53 bits per heavy atom. The Morgan fingerprint density at radius 1 is 1.05 bits per heavy atom. The molecular weight excluding hydrogens is 244 g/mol. The molecule has 0 aliphatic carbocycles. The van der Waals surface area contributed by atoms with Crippen LogP contribution in [0.25, 0.3) is 0 Å². The standard InChI is InChI=1S/C15H26O4/c1-14(4-2-7-18-14)13(16)12-3-8-19-15(11-12)5-9-17-10-6-15/h12-13,16H,2-11H2,1H3. The van der Waals surface area contributed by atoms with Gasteiger partial charge in [0.2, 0.25) is 0 Å². The summed E-state index contributed by atoms with van der Waals surface area (Å²) in [6, 6.07) is 0. The van der Waals surface area contributed by atoms with Gasteiger partial charge in [-0.15, -0.1) is 0 Å².